The largest absolute Gasteiger partial charge is 0.323 e. The van der Waals surface area contributed by atoms with Gasteiger partial charge in [-0.3, -0.25) is 0 Å². The maximum Gasteiger partial charge on any atom is 0.320 e. The van der Waals surface area contributed by atoms with Gasteiger partial charge >= 0.3 is 6.03 Å². The van der Waals surface area contributed by atoms with Crippen molar-refractivity contribution in [2.45, 2.75) is 39.2 Å². The molecular weight excluding hydrogens is 240 g/mol. The van der Waals surface area contributed by atoms with Gasteiger partial charge in [-0.2, -0.15) is 5.26 Å². The lowest BCUT2D eigenvalue weighted by Gasteiger charge is -2.31. The summed E-state index contributed by atoms with van der Waals surface area (Å²) >= 11 is 0. The maximum atomic E-state index is 12.4. The van der Waals surface area contributed by atoms with Crippen LogP contribution in [0.2, 0.25) is 0 Å². The van der Waals surface area contributed by atoms with E-state index in [1.54, 1.807) is 0 Å². The summed E-state index contributed by atoms with van der Waals surface area (Å²) in [6.45, 7) is 8.23. The average molecular weight is 264 g/mol. The average Bonchev–Trinajstić information content (AvgIpc) is 2.79. The quantitative estimate of drug-likeness (QED) is 0.835. The van der Waals surface area contributed by atoms with Crippen LogP contribution in [-0.2, 0) is 0 Å². The number of nitriles is 1. The smallest absolute Gasteiger partial charge is 0.320 e. The van der Waals surface area contributed by atoms with Crippen LogP contribution < -0.4 is 5.32 Å². The Labute approximate surface area is 115 Å². The molecule has 0 aromatic carbocycles. The zero-order chi connectivity index (χ0) is 13.9. The third-order valence-corrected chi connectivity index (χ3v) is 4.19. The van der Waals surface area contributed by atoms with E-state index in [1.165, 1.54) is 0 Å². The van der Waals surface area contributed by atoms with E-state index in [4.69, 9.17) is 5.26 Å². The van der Waals surface area contributed by atoms with Crippen LogP contribution in [-0.4, -0.2) is 54.6 Å². The zero-order valence-electron chi connectivity index (χ0n) is 12.0. The predicted octanol–water partition coefficient (Wildman–Crippen LogP) is 1.42. The molecule has 0 aliphatic carbocycles. The minimum Gasteiger partial charge on any atom is -0.323 e. The van der Waals surface area contributed by atoms with E-state index < -0.39 is 0 Å². The van der Waals surface area contributed by atoms with Crippen LogP contribution in [0, 0.1) is 16.7 Å². The van der Waals surface area contributed by atoms with Gasteiger partial charge in [-0.1, -0.05) is 0 Å². The number of hydrogen-bond donors (Lipinski definition) is 1. The minimum absolute atomic E-state index is 0.167. The van der Waals surface area contributed by atoms with E-state index in [1.807, 2.05) is 23.6 Å². The first-order valence-electron chi connectivity index (χ1n) is 7.21. The normalized spacial score (nSPS) is 21.8. The number of hydrogen-bond acceptors (Lipinski definition) is 3. The summed E-state index contributed by atoms with van der Waals surface area (Å²) in [7, 11) is 0. The molecule has 2 aliphatic heterocycles. The summed E-state index contributed by atoms with van der Waals surface area (Å²) in [5.74, 6) is 0. The lowest BCUT2D eigenvalue weighted by molar-refractivity contribution is 0.163. The van der Waals surface area contributed by atoms with Crippen molar-refractivity contribution in [3.05, 3.63) is 0 Å². The highest BCUT2D eigenvalue weighted by Gasteiger charge is 2.34. The van der Waals surface area contributed by atoms with E-state index in [0.717, 1.165) is 45.4 Å². The molecule has 0 radical (unpaired) electrons. The molecule has 0 saturated carbocycles. The summed E-state index contributed by atoms with van der Waals surface area (Å²) in [6.07, 6.45) is 2.86. The van der Waals surface area contributed by atoms with Gasteiger partial charge in [-0.25, -0.2) is 4.79 Å². The van der Waals surface area contributed by atoms with Crippen molar-refractivity contribution in [2.24, 2.45) is 5.41 Å². The number of nitrogens with zero attached hydrogens (tertiary/aromatic N) is 3. The van der Waals surface area contributed by atoms with Crippen molar-refractivity contribution in [2.75, 3.05) is 32.7 Å². The third kappa shape index (κ3) is 3.38. The van der Waals surface area contributed by atoms with Gasteiger partial charge in [-0.15, -0.1) is 0 Å². The van der Waals surface area contributed by atoms with Gasteiger partial charge in [0.15, 0.2) is 0 Å². The standard InChI is InChI=1S/C14H24N4O/c1-14(2,11-15)5-8-17-9-10-18(13(17)19)12-3-6-16-7-4-12/h12,16H,3-10H2,1-2H3. The Bertz CT molecular complexity index is 368. The number of carbonyl (C=O) groups is 1. The lowest BCUT2D eigenvalue weighted by atomic mass is 9.91. The van der Waals surface area contributed by atoms with Crippen LogP contribution in [0.1, 0.15) is 33.1 Å². The number of rotatable bonds is 4. The second kappa shape index (κ2) is 5.79. The monoisotopic (exact) mass is 264 g/mol. The highest BCUT2D eigenvalue weighted by Crippen LogP contribution is 2.23. The molecule has 0 unspecified atom stereocenters. The van der Waals surface area contributed by atoms with Crippen LogP contribution in [0.3, 0.4) is 0 Å². The first-order valence-corrected chi connectivity index (χ1v) is 7.21. The molecule has 2 fully saturated rings. The number of urea groups is 1. The predicted molar refractivity (Wildman–Crippen MR) is 73.6 cm³/mol. The summed E-state index contributed by atoms with van der Waals surface area (Å²) in [4.78, 5) is 16.3. The van der Waals surface area contributed by atoms with Crippen LogP contribution in [0.25, 0.3) is 0 Å². The fraction of sp³-hybridized carbons (Fsp3) is 0.857. The van der Waals surface area contributed by atoms with Crippen molar-refractivity contribution < 1.29 is 4.79 Å². The molecule has 1 N–H and O–H groups in total. The van der Waals surface area contributed by atoms with Gasteiger partial charge in [0.1, 0.15) is 0 Å². The van der Waals surface area contributed by atoms with E-state index >= 15 is 0 Å². The Balaban J connectivity index is 1.85. The molecule has 0 atom stereocenters. The van der Waals surface area contributed by atoms with Gasteiger partial charge in [0.05, 0.1) is 11.5 Å². The number of piperidine rings is 1. The highest BCUT2D eigenvalue weighted by molar-refractivity contribution is 5.76. The zero-order valence-corrected chi connectivity index (χ0v) is 12.0. The molecule has 2 rings (SSSR count). The second-order valence-electron chi connectivity index (χ2n) is 6.19. The van der Waals surface area contributed by atoms with Crippen molar-refractivity contribution in [1.29, 1.82) is 5.26 Å². The van der Waals surface area contributed by atoms with Gasteiger partial charge in [-0.05, 0) is 46.2 Å². The lowest BCUT2D eigenvalue weighted by Crippen LogP contribution is -2.45. The molecule has 19 heavy (non-hydrogen) atoms. The fourth-order valence-corrected chi connectivity index (χ4v) is 2.74. The third-order valence-electron chi connectivity index (χ3n) is 4.19. The summed E-state index contributed by atoms with van der Waals surface area (Å²) in [5, 5.41) is 12.3. The van der Waals surface area contributed by atoms with Crippen LogP contribution in [0.4, 0.5) is 4.79 Å². The molecule has 2 heterocycles. The van der Waals surface area contributed by atoms with Crippen molar-refractivity contribution in [3.8, 4) is 6.07 Å². The molecule has 0 aromatic heterocycles. The van der Waals surface area contributed by atoms with E-state index in [9.17, 15) is 4.79 Å². The Morgan fingerprint density at radius 3 is 2.68 bits per heavy atom. The van der Waals surface area contributed by atoms with Gasteiger partial charge in [0.2, 0.25) is 0 Å². The van der Waals surface area contributed by atoms with Gasteiger partial charge in [0.25, 0.3) is 0 Å². The van der Waals surface area contributed by atoms with Crippen molar-refractivity contribution in [3.63, 3.8) is 0 Å². The van der Waals surface area contributed by atoms with Crippen LogP contribution in [0.5, 0.6) is 0 Å². The number of nitrogens with one attached hydrogen (secondary N) is 1. The molecule has 0 spiro atoms. The molecule has 2 saturated heterocycles. The number of amides is 2. The van der Waals surface area contributed by atoms with Crippen LogP contribution in [0.15, 0.2) is 0 Å². The molecule has 0 bridgehead atoms. The Kier molecular flexibility index (Phi) is 4.31. The molecule has 5 heteroatoms. The first kappa shape index (κ1) is 14.1. The van der Waals surface area contributed by atoms with Crippen LogP contribution >= 0.6 is 0 Å². The molecule has 106 valence electrons. The van der Waals surface area contributed by atoms with Gasteiger partial charge < -0.3 is 15.1 Å². The van der Waals surface area contributed by atoms with E-state index in [-0.39, 0.29) is 11.4 Å². The van der Waals surface area contributed by atoms with E-state index in [2.05, 4.69) is 11.4 Å². The highest BCUT2D eigenvalue weighted by atomic mass is 16.2. The Hall–Kier alpha value is -1.28. The fourth-order valence-electron chi connectivity index (χ4n) is 2.74. The number of carbonyl (C=O) groups excluding carboxylic acids is 1. The molecule has 2 aliphatic rings. The van der Waals surface area contributed by atoms with Crippen molar-refractivity contribution >= 4 is 6.03 Å². The first-order chi connectivity index (χ1) is 9.03. The molecule has 5 nitrogen and oxygen atoms in total. The van der Waals surface area contributed by atoms with E-state index in [0.29, 0.717) is 12.6 Å². The SMILES string of the molecule is CC(C)(C#N)CCN1CCN(C2CCNCC2)C1=O. The summed E-state index contributed by atoms with van der Waals surface area (Å²) < 4.78 is 0. The minimum atomic E-state index is -0.345. The van der Waals surface area contributed by atoms with Gasteiger partial charge in [0, 0.05) is 25.7 Å². The summed E-state index contributed by atoms with van der Waals surface area (Å²) in [5.41, 5.74) is -0.345. The Morgan fingerprint density at radius 1 is 1.37 bits per heavy atom. The Morgan fingerprint density at radius 2 is 2.05 bits per heavy atom. The molecule has 2 amide bonds. The summed E-state index contributed by atoms with van der Waals surface area (Å²) in [6, 6.07) is 2.87. The maximum absolute atomic E-state index is 12.4. The molecular formula is C14H24N4O. The van der Waals surface area contributed by atoms with Crippen molar-refractivity contribution in [1.82, 2.24) is 15.1 Å². The second-order valence-corrected chi connectivity index (χ2v) is 6.19. The topological polar surface area (TPSA) is 59.4 Å². The molecule has 0 aromatic rings.